The van der Waals surface area contributed by atoms with Crippen LogP contribution in [-0.4, -0.2) is 41.6 Å². The second-order valence-corrected chi connectivity index (χ2v) is 10.8. The first-order valence-corrected chi connectivity index (χ1v) is 13.1. The molecular formula is C26H21F6N3O3S. The number of ketones is 1. The highest BCUT2D eigenvalue weighted by atomic mass is 32.2. The summed E-state index contributed by atoms with van der Waals surface area (Å²) in [5.74, 6) is -0.834. The standard InChI is InChI=1S/C26H21F6N3O3S/c1-16(36)23(17-4-6-22(7-5-17)39(37,38)35-10-2-3-11-35)15-21-8-9-33-24(34-21)18-12-19(25(27,28)29)14-20(13-18)26(30,31)32/h4-9,12-15H,2-3,10-11H2,1H3/b23-15-. The summed E-state index contributed by atoms with van der Waals surface area (Å²) in [5.41, 5.74) is -3.03. The molecule has 1 aliphatic rings. The number of hydrogen-bond donors (Lipinski definition) is 0. The predicted molar refractivity (Wildman–Crippen MR) is 130 cm³/mol. The number of hydrogen-bond acceptors (Lipinski definition) is 5. The molecule has 0 spiro atoms. The molecule has 0 aliphatic carbocycles. The van der Waals surface area contributed by atoms with E-state index in [0.717, 1.165) is 19.0 Å². The normalized spacial score (nSPS) is 15.5. The van der Waals surface area contributed by atoms with Crippen LogP contribution in [0.25, 0.3) is 23.0 Å². The van der Waals surface area contributed by atoms with Gasteiger partial charge in [-0.05, 0) is 67.8 Å². The molecule has 3 aromatic rings. The molecule has 13 heteroatoms. The third kappa shape index (κ3) is 6.36. The Bertz CT molecular complexity index is 1490. The number of carbonyl (C=O) groups is 1. The van der Waals surface area contributed by atoms with Crippen molar-refractivity contribution in [2.45, 2.75) is 37.0 Å². The average molecular weight is 570 g/mol. The fourth-order valence-electron chi connectivity index (χ4n) is 4.10. The van der Waals surface area contributed by atoms with Crippen LogP contribution >= 0.6 is 0 Å². The molecule has 0 unspecified atom stereocenters. The largest absolute Gasteiger partial charge is 0.416 e. The number of halogens is 6. The zero-order valence-electron chi connectivity index (χ0n) is 20.3. The van der Waals surface area contributed by atoms with Gasteiger partial charge >= 0.3 is 12.4 Å². The molecule has 0 amide bonds. The monoisotopic (exact) mass is 569 g/mol. The van der Waals surface area contributed by atoms with Gasteiger partial charge in [-0.25, -0.2) is 18.4 Å². The molecule has 6 nitrogen and oxygen atoms in total. The van der Waals surface area contributed by atoms with Gasteiger partial charge in [-0.1, -0.05) is 12.1 Å². The fraction of sp³-hybridized carbons (Fsp3) is 0.269. The van der Waals surface area contributed by atoms with E-state index in [9.17, 15) is 39.6 Å². The highest BCUT2D eigenvalue weighted by molar-refractivity contribution is 7.89. The summed E-state index contributed by atoms with van der Waals surface area (Å²) in [6.45, 7) is 2.11. The number of rotatable bonds is 6. The first-order valence-electron chi connectivity index (χ1n) is 11.6. The molecule has 1 saturated heterocycles. The molecule has 1 aliphatic heterocycles. The lowest BCUT2D eigenvalue weighted by atomic mass is 10.0. The van der Waals surface area contributed by atoms with E-state index in [4.69, 9.17) is 0 Å². The van der Waals surface area contributed by atoms with Gasteiger partial charge in [-0.15, -0.1) is 0 Å². The molecule has 2 heterocycles. The molecule has 1 aromatic heterocycles. The van der Waals surface area contributed by atoms with Gasteiger partial charge in [-0.2, -0.15) is 30.6 Å². The Hall–Kier alpha value is -3.58. The minimum Gasteiger partial charge on any atom is -0.294 e. The van der Waals surface area contributed by atoms with Crippen molar-refractivity contribution < 1.29 is 39.6 Å². The Morgan fingerprint density at radius 2 is 1.46 bits per heavy atom. The quantitative estimate of drug-likeness (QED) is 0.265. The SMILES string of the molecule is CC(=O)/C(=C/c1ccnc(-c2cc(C(F)(F)F)cc(C(F)(F)F)c2)n1)c1ccc(S(=O)(=O)N2CCCC2)cc1. The maximum Gasteiger partial charge on any atom is 0.416 e. The molecule has 0 atom stereocenters. The van der Waals surface area contributed by atoms with Crippen molar-refractivity contribution in [1.82, 2.24) is 14.3 Å². The van der Waals surface area contributed by atoms with E-state index in [-0.39, 0.29) is 22.2 Å². The Kier molecular flexibility index (Phi) is 7.68. The maximum atomic E-state index is 13.3. The third-order valence-corrected chi connectivity index (χ3v) is 7.98. The Morgan fingerprint density at radius 3 is 1.97 bits per heavy atom. The van der Waals surface area contributed by atoms with E-state index in [0.29, 0.717) is 30.8 Å². The second kappa shape index (κ2) is 10.5. The van der Waals surface area contributed by atoms with Crippen molar-refractivity contribution in [2.75, 3.05) is 13.1 Å². The lowest BCUT2D eigenvalue weighted by molar-refractivity contribution is -0.143. The van der Waals surface area contributed by atoms with E-state index < -0.39 is 50.7 Å². The van der Waals surface area contributed by atoms with Crippen LogP contribution in [0.5, 0.6) is 0 Å². The molecule has 0 saturated carbocycles. The Labute approximate surface area is 220 Å². The molecule has 0 radical (unpaired) electrons. The van der Waals surface area contributed by atoms with Crippen LogP contribution in [0, 0.1) is 0 Å². The number of benzene rings is 2. The van der Waals surface area contributed by atoms with E-state index in [1.807, 2.05) is 0 Å². The van der Waals surface area contributed by atoms with Crippen LogP contribution in [0.2, 0.25) is 0 Å². The topological polar surface area (TPSA) is 80.2 Å². The number of Topliss-reactive ketones (excluding diaryl/α,β-unsaturated/α-hetero) is 1. The highest BCUT2D eigenvalue weighted by Gasteiger charge is 2.37. The first kappa shape index (κ1) is 28.4. The number of sulfonamides is 1. The maximum absolute atomic E-state index is 13.3. The van der Waals surface area contributed by atoms with Crippen LogP contribution < -0.4 is 0 Å². The van der Waals surface area contributed by atoms with Crippen molar-refractivity contribution in [3.8, 4) is 11.4 Å². The van der Waals surface area contributed by atoms with Gasteiger partial charge < -0.3 is 0 Å². The highest BCUT2D eigenvalue weighted by Crippen LogP contribution is 2.38. The molecule has 0 bridgehead atoms. The smallest absolute Gasteiger partial charge is 0.294 e. The lowest BCUT2D eigenvalue weighted by Crippen LogP contribution is -2.27. The number of allylic oxidation sites excluding steroid dienone is 1. The lowest BCUT2D eigenvalue weighted by Gasteiger charge is -2.16. The van der Waals surface area contributed by atoms with Crippen LogP contribution in [0.3, 0.4) is 0 Å². The summed E-state index contributed by atoms with van der Waals surface area (Å²) >= 11 is 0. The summed E-state index contributed by atoms with van der Waals surface area (Å²) in [7, 11) is -3.68. The molecule has 0 N–H and O–H groups in total. The molecule has 1 fully saturated rings. The van der Waals surface area contributed by atoms with E-state index in [1.165, 1.54) is 47.6 Å². The van der Waals surface area contributed by atoms with Gasteiger partial charge in [0.05, 0.1) is 21.7 Å². The van der Waals surface area contributed by atoms with Crippen molar-refractivity contribution in [1.29, 1.82) is 0 Å². The predicted octanol–water partition coefficient (Wildman–Crippen LogP) is 6.10. The summed E-state index contributed by atoms with van der Waals surface area (Å²) in [6, 6.07) is 8.00. The summed E-state index contributed by atoms with van der Waals surface area (Å²) < 4.78 is 107. The van der Waals surface area contributed by atoms with Gasteiger partial charge in [-0.3, -0.25) is 4.79 Å². The van der Waals surface area contributed by atoms with Crippen LogP contribution in [0.4, 0.5) is 26.3 Å². The van der Waals surface area contributed by atoms with E-state index >= 15 is 0 Å². The van der Waals surface area contributed by atoms with E-state index in [2.05, 4.69) is 9.97 Å². The Morgan fingerprint density at radius 1 is 0.897 bits per heavy atom. The third-order valence-electron chi connectivity index (χ3n) is 6.06. The average Bonchev–Trinajstić information content (AvgIpc) is 3.42. The molecule has 4 rings (SSSR count). The summed E-state index contributed by atoms with van der Waals surface area (Å²) in [6.07, 6.45) is -6.09. The number of carbonyl (C=O) groups excluding carboxylic acids is 1. The van der Waals surface area contributed by atoms with Crippen LogP contribution in [-0.2, 0) is 27.2 Å². The van der Waals surface area contributed by atoms with Gasteiger partial charge in [0, 0.05) is 30.4 Å². The van der Waals surface area contributed by atoms with Crippen molar-refractivity contribution in [3.63, 3.8) is 0 Å². The zero-order chi connectivity index (χ0) is 28.6. The van der Waals surface area contributed by atoms with Crippen molar-refractivity contribution in [2.24, 2.45) is 0 Å². The number of nitrogens with zero attached hydrogens (tertiary/aromatic N) is 3. The van der Waals surface area contributed by atoms with Crippen molar-refractivity contribution >= 4 is 27.5 Å². The van der Waals surface area contributed by atoms with E-state index in [1.54, 1.807) is 0 Å². The van der Waals surface area contributed by atoms with Crippen LogP contribution in [0.15, 0.2) is 59.6 Å². The van der Waals surface area contributed by atoms with Gasteiger partial charge in [0.1, 0.15) is 0 Å². The molecule has 2 aromatic carbocycles. The number of aromatic nitrogens is 2. The second-order valence-electron chi connectivity index (χ2n) is 8.85. The minimum atomic E-state index is -5.04. The minimum absolute atomic E-state index is 0.00863. The van der Waals surface area contributed by atoms with Crippen molar-refractivity contribution in [3.05, 3.63) is 77.1 Å². The van der Waals surface area contributed by atoms with Gasteiger partial charge in [0.2, 0.25) is 10.0 Å². The Balaban J connectivity index is 1.72. The molecule has 206 valence electrons. The zero-order valence-corrected chi connectivity index (χ0v) is 21.2. The number of alkyl halides is 6. The van der Waals surface area contributed by atoms with Gasteiger partial charge in [0.25, 0.3) is 0 Å². The molecular weight excluding hydrogens is 548 g/mol. The summed E-state index contributed by atoms with van der Waals surface area (Å²) in [5, 5.41) is 0. The fourth-order valence-corrected chi connectivity index (χ4v) is 5.61. The molecule has 39 heavy (non-hydrogen) atoms. The summed E-state index contributed by atoms with van der Waals surface area (Å²) in [4.78, 5) is 20.4. The van der Waals surface area contributed by atoms with Gasteiger partial charge in [0.15, 0.2) is 11.6 Å². The first-order chi connectivity index (χ1) is 18.2. The van der Waals surface area contributed by atoms with Crippen LogP contribution in [0.1, 0.15) is 42.1 Å².